The second-order valence-electron chi connectivity index (χ2n) is 3.01. The van der Waals surface area contributed by atoms with E-state index in [9.17, 15) is 0 Å². The van der Waals surface area contributed by atoms with Crippen LogP contribution in [0.2, 0.25) is 0 Å². The Labute approximate surface area is 71.4 Å². The number of thiophene rings is 1. The van der Waals surface area contributed by atoms with E-state index in [-0.39, 0.29) is 0 Å². The van der Waals surface area contributed by atoms with E-state index in [1.165, 1.54) is 12.8 Å². The fourth-order valence-corrected chi connectivity index (χ4v) is 2.77. The maximum absolute atomic E-state index is 3.35. The molecule has 2 rings (SSSR count). The van der Waals surface area contributed by atoms with Gasteiger partial charge in [0.15, 0.2) is 0 Å². The van der Waals surface area contributed by atoms with Crippen LogP contribution in [0, 0.1) is 0 Å². The quantitative estimate of drug-likeness (QED) is 0.712. The Balaban J connectivity index is 2.20. The minimum absolute atomic E-state index is 1.09. The average molecular weight is 167 g/mol. The predicted molar refractivity (Wildman–Crippen MR) is 48.9 cm³/mol. The molecule has 0 saturated carbocycles. The van der Waals surface area contributed by atoms with Gasteiger partial charge in [0.05, 0.1) is 0 Å². The van der Waals surface area contributed by atoms with Crippen molar-refractivity contribution in [2.75, 3.05) is 0 Å². The number of aryl methyl sites for hydroxylation is 1. The summed E-state index contributed by atoms with van der Waals surface area (Å²) in [4.78, 5) is 3.13. The van der Waals surface area contributed by atoms with Crippen LogP contribution in [0.1, 0.15) is 28.7 Å². The second-order valence-corrected chi connectivity index (χ2v) is 4.24. The Kier molecular flexibility index (Phi) is 1.96. The Morgan fingerprint density at radius 3 is 3.18 bits per heavy atom. The van der Waals surface area contributed by atoms with Crippen molar-refractivity contribution in [2.24, 2.45) is 0 Å². The summed E-state index contributed by atoms with van der Waals surface area (Å²) in [5.41, 5.74) is 1.54. The van der Waals surface area contributed by atoms with E-state index in [2.05, 4.69) is 18.3 Å². The zero-order chi connectivity index (χ0) is 7.68. The van der Waals surface area contributed by atoms with Gasteiger partial charge < -0.3 is 5.32 Å². The lowest BCUT2D eigenvalue weighted by molar-refractivity contribution is 0.766. The van der Waals surface area contributed by atoms with Gasteiger partial charge in [0.25, 0.3) is 0 Å². The van der Waals surface area contributed by atoms with Gasteiger partial charge in [-0.3, -0.25) is 0 Å². The van der Waals surface area contributed by atoms with Crippen molar-refractivity contribution in [3.05, 3.63) is 21.4 Å². The molecule has 1 aromatic rings. The highest BCUT2D eigenvalue weighted by Crippen LogP contribution is 2.26. The maximum Gasteiger partial charge on any atom is 0.0306 e. The highest BCUT2D eigenvalue weighted by atomic mass is 32.1. The van der Waals surface area contributed by atoms with E-state index in [0.717, 1.165) is 13.1 Å². The summed E-state index contributed by atoms with van der Waals surface area (Å²) < 4.78 is 0. The molecule has 0 atom stereocenters. The molecule has 2 heteroatoms. The van der Waals surface area contributed by atoms with Crippen LogP contribution in [0.5, 0.6) is 0 Å². The van der Waals surface area contributed by atoms with E-state index in [1.807, 2.05) is 11.3 Å². The van der Waals surface area contributed by atoms with Crippen molar-refractivity contribution in [1.82, 2.24) is 5.32 Å². The number of hydrogen-bond acceptors (Lipinski definition) is 2. The molecule has 1 nitrogen and oxygen atoms in total. The van der Waals surface area contributed by atoms with E-state index >= 15 is 0 Å². The molecule has 11 heavy (non-hydrogen) atoms. The fourth-order valence-electron chi connectivity index (χ4n) is 1.51. The lowest BCUT2D eigenvalue weighted by atomic mass is 10.2. The minimum Gasteiger partial charge on any atom is -0.308 e. The standard InChI is InChI=1S/C9H13NS/c1-2-3-8-4-7-5-10-6-9(7)11-8/h4,10H,2-3,5-6H2,1H3. The summed E-state index contributed by atoms with van der Waals surface area (Å²) >= 11 is 1.98. The van der Waals surface area contributed by atoms with Gasteiger partial charge in [-0.2, -0.15) is 0 Å². The van der Waals surface area contributed by atoms with Gasteiger partial charge in [0.2, 0.25) is 0 Å². The van der Waals surface area contributed by atoms with Crippen LogP contribution in [0.25, 0.3) is 0 Å². The third-order valence-corrected chi connectivity index (χ3v) is 3.28. The van der Waals surface area contributed by atoms with E-state index in [0.29, 0.717) is 0 Å². The third-order valence-electron chi connectivity index (χ3n) is 2.05. The van der Waals surface area contributed by atoms with Gasteiger partial charge in [0, 0.05) is 22.8 Å². The number of rotatable bonds is 2. The van der Waals surface area contributed by atoms with E-state index in [1.54, 1.807) is 15.3 Å². The molecule has 2 heterocycles. The first-order chi connectivity index (χ1) is 5.40. The number of hydrogen-bond donors (Lipinski definition) is 1. The van der Waals surface area contributed by atoms with Crippen LogP contribution >= 0.6 is 11.3 Å². The average Bonchev–Trinajstić information content (AvgIpc) is 2.46. The van der Waals surface area contributed by atoms with Gasteiger partial charge in [-0.15, -0.1) is 11.3 Å². The molecule has 1 N–H and O–H groups in total. The number of nitrogens with one attached hydrogen (secondary N) is 1. The highest BCUT2D eigenvalue weighted by Gasteiger charge is 2.12. The fraction of sp³-hybridized carbons (Fsp3) is 0.556. The van der Waals surface area contributed by atoms with Crippen molar-refractivity contribution in [3.63, 3.8) is 0 Å². The molecule has 0 aliphatic carbocycles. The molecule has 0 fully saturated rings. The molecule has 0 bridgehead atoms. The lowest BCUT2D eigenvalue weighted by Gasteiger charge is -1.91. The summed E-state index contributed by atoms with van der Waals surface area (Å²) in [6, 6.07) is 2.36. The van der Waals surface area contributed by atoms with E-state index < -0.39 is 0 Å². The largest absolute Gasteiger partial charge is 0.308 e. The molecule has 0 spiro atoms. The van der Waals surface area contributed by atoms with Crippen molar-refractivity contribution < 1.29 is 0 Å². The normalized spacial score (nSPS) is 15.4. The summed E-state index contributed by atoms with van der Waals surface area (Å²) in [6.07, 6.45) is 2.53. The van der Waals surface area contributed by atoms with E-state index in [4.69, 9.17) is 0 Å². The van der Waals surface area contributed by atoms with Crippen molar-refractivity contribution >= 4 is 11.3 Å². The molecule has 0 unspecified atom stereocenters. The SMILES string of the molecule is CCCc1cc2c(s1)CNC2. The molecule has 1 aliphatic heterocycles. The summed E-state index contributed by atoms with van der Waals surface area (Å²) in [7, 11) is 0. The first kappa shape index (κ1) is 7.32. The maximum atomic E-state index is 3.35. The second kappa shape index (κ2) is 2.95. The summed E-state index contributed by atoms with van der Waals surface area (Å²) in [5.74, 6) is 0. The summed E-state index contributed by atoms with van der Waals surface area (Å²) in [6.45, 7) is 4.43. The highest BCUT2D eigenvalue weighted by molar-refractivity contribution is 7.12. The first-order valence-electron chi connectivity index (χ1n) is 4.21. The van der Waals surface area contributed by atoms with Gasteiger partial charge >= 0.3 is 0 Å². The third kappa shape index (κ3) is 1.33. The Morgan fingerprint density at radius 2 is 2.45 bits per heavy atom. The van der Waals surface area contributed by atoms with Crippen LogP contribution in [-0.2, 0) is 19.5 Å². The molecule has 1 aliphatic rings. The first-order valence-corrected chi connectivity index (χ1v) is 5.03. The molecule has 0 aromatic carbocycles. The van der Waals surface area contributed by atoms with Crippen molar-refractivity contribution in [2.45, 2.75) is 32.9 Å². The lowest BCUT2D eigenvalue weighted by Crippen LogP contribution is -2.00. The van der Waals surface area contributed by atoms with Crippen LogP contribution in [0.15, 0.2) is 6.07 Å². The van der Waals surface area contributed by atoms with Gasteiger partial charge in [-0.1, -0.05) is 13.3 Å². The molecule has 0 amide bonds. The Hall–Kier alpha value is -0.340. The molecule has 1 aromatic heterocycles. The molecule has 0 saturated heterocycles. The zero-order valence-corrected chi connectivity index (χ0v) is 7.63. The molecular weight excluding hydrogens is 154 g/mol. The zero-order valence-electron chi connectivity index (χ0n) is 6.81. The Bertz CT molecular complexity index is 231. The van der Waals surface area contributed by atoms with Crippen LogP contribution in [0.3, 0.4) is 0 Å². The smallest absolute Gasteiger partial charge is 0.0306 e. The predicted octanol–water partition coefficient (Wildman–Crippen LogP) is 2.30. The Morgan fingerprint density at radius 1 is 1.55 bits per heavy atom. The molecule has 60 valence electrons. The molecule has 0 radical (unpaired) electrons. The van der Waals surface area contributed by atoms with Crippen molar-refractivity contribution in [1.29, 1.82) is 0 Å². The van der Waals surface area contributed by atoms with Crippen LogP contribution in [-0.4, -0.2) is 0 Å². The number of fused-ring (bicyclic) bond motifs is 1. The van der Waals surface area contributed by atoms with Crippen LogP contribution in [0.4, 0.5) is 0 Å². The van der Waals surface area contributed by atoms with Gasteiger partial charge in [-0.05, 0) is 18.1 Å². The van der Waals surface area contributed by atoms with Crippen LogP contribution < -0.4 is 5.32 Å². The molecular formula is C9H13NS. The summed E-state index contributed by atoms with van der Waals surface area (Å²) in [5, 5.41) is 3.35. The van der Waals surface area contributed by atoms with Gasteiger partial charge in [0.1, 0.15) is 0 Å². The van der Waals surface area contributed by atoms with Crippen molar-refractivity contribution in [3.8, 4) is 0 Å². The topological polar surface area (TPSA) is 12.0 Å². The minimum atomic E-state index is 1.09. The monoisotopic (exact) mass is 167 g/mol. The van der Waals surface area contributed by atoms with Gasteiger partial charge in [-0.25, -0.2) is 0 Å².